The Balaban J connectivity index is 2.57. The van der Waals surface area contributed by atoms with Gasteiger partial charge in [-0.05, 0) is 24.3 Å². The van der Waals surface area contributed by atoms with Gasteiger partial charge in [-0.2, -0.15) is 0 Å². The molecule has 0 radical (unpaired) electrons. The highest BCUT2D eigenvalue weighted by molar-refractivity contribution is 6.14. The number of allylic oxidation sites excluding steroid dienone is 1. The second kappa shape index (κ2) is 5.00. The first-order valence-electron chi connectivity index (χ1n) is 6.41. The number of fused-ring (bicyclic) bond motifs is 1. The number of methoxy groups -OCH3 is 1. The van der Waals surface area contributed by atoms with Crippen molar-refractivity contribution in [1.29, 1.82) is 0 Å². The summed E-state index contributed by atoms with van der Waals surface area (Å²) in [6.07, 6.45) is 2.83. The first kappa shape index (κ1) is 13.5. The fourth-order valence-corrected chi connectivity index (χ4v) is 2.84. The lowest BCUT2D eigenvalue weighted by atomic mass is 9.64. The van der Waals surface area contributed by atoms with E-state index in [0.717, 1.165) is 5.56 Å². The second-order valence-corrected chi connectivity index (χ2v) is 4.97. The van der Waals surface area contributed by atoms with Gasteiger partial charge in [-0.3, -0.25) is 9.59 Å². The molecular formula is C16H18O3. The third-order valence-corrected chi connectivity index (χ3v) is 4.14. The molecule has 1 aromatic rings. The summed E-state index contributed by atoms with van der Waals surface area (Å²) >= 11 is 0. The molecule has 0 fully saturated rings. The number of aryl methyl sites for hydroxylation is 1. The van der Waals surface area contributed by atoms with Crippen LogP contribution in [0.1, 0.15) is 29.3 Å². The maximum Gasteiger partial charge on any atom is 0.320 e. The average Bonchev–Trinajstić information content (AvgIpc) is 2.46. The monoisotopic (exact) mass is 258 g/mol. The zero-order chi connectivity index (χ0) is 14.0. The van der Waals surface area contributed by atoms with Crippen LogP contribution in [-0.4, -0.2) is 18.9 Å². The van der Waals surface area contributed by atoms with E-state index in [4.69, 9.17) is 4.74 Å². The lowest BCUT2D eigenvalue weighted by Gasteiger charge is -2.37. The molecule has 0 saturated carbocycles. The van der Waals surface area contributed by atoms with Crippen molar-refractivity contribution < 1.29 is 14.3 Å². The van der Waals surface area contributed by atoms with Gasteiger partial charge in [0.1, 0.15) is 5.41 Å². The Labute approximate surface area is 113 Å². The van der Waals surface area contributed by atoms with E-state index < -0.39 is 11.4 Å². The van der Waals surface area contributed by atoms with E-state index in [1.807, 2.05) is 25.1 Å². The summed E-state index contributed by atoms with van der Waals surface area (Å²) in [5.41, 5.74) is 0.515. The smallest absolute Gasteiger partial charge is 0.320 e. The molecule has 0 aliphatic heterocycles. The lowest BCUT2D eigenvalue weighted by molar-refractivity contribution is -0.152. The molecule has 3 nitrogen and oxygen atoms in total. The van der Waals surface area contributed by atoms with Gasteiger partial charge < -0.3 is 4.74 Å². The van der Waals surface area contributed by atoms with Crippen molar-refractivity contribution in [2.24, 2.45) is 11.3 Å². The summed E-state index contributed by atoms with van der Waals surface area (Å²) in [4.78, 5) is 25.0. The van der Waals surface area contributed by atoms with Crippen molar-refractivity contribution in [2.45, 2.75) is 19.8 Å². The SMILES string of the molecule is C=C[C@H](C)[C@@]1(C(=O)OC)CCc2ccccc2C1=O. The normalized spacial score (nSPS) is 23.4. The highest BCUT2D eigenvalue weighted by Crippen LogP contribution is 2.42. The molecule has 1 aliphatic carbocycles. The maximum atomic E-state index is 12.8. The molecule has 3 heteroatoms. The molecule has 0 spiro atoms. The first-order valence-corrected chi connectivity index (χ1v) is 6.41. The van der Waals surface area contributed by atoms with Crippen LogP contribution < -0.4 is 0 Å². The molecule has 19 heavy (non-hydrogen) atoms. The predicted molar refractivity (Wildman–Crippen MR) is 72.9 cm³/mol. The third kappa shape index (κ3) is 1.89. The van der Waals surface area contributed by atoms with Crippen molar-refractivity contribution in [2.75, 3.05) is 7.11 Å². The zero-order valence-electron chi connectivity index (χ0n) is 11.3. The summed E-state index contributed by atoms with van der Waals surface area (Å²) in [5.74, 6) is -0.853. The Kier molecular flexibility index (Phi) is 3.56. The van der Waals surface area contributed by atoms with Crippen LogP contribution in [0.15, 0.2) is 36.9 Å². The van der Waals surface area contributed by atoms with Crippen molar-refractivity contribution in [3.05, 3.63) is 48.0 Å². The minimum absolute atomic E-state index is 0.145. The number of hydrogen-bond donors (Lipinski definition) is 0. The molecular weight excluding hydrogens is 240 g/mol. The molecule has 0 aromatic heterocycles. The summed E-state index contributed by atoms with van der Waals surface area (Å²) < 4.78 is 4.89. The average molecular weight is 258 g/mol. The van der Waals surface area contributed by atoms with Gasteiger partial charge >= 0.3 is 5.97 Å². The highest BCUT2D eigenvalue weighted by Gasteiger charge is 2.52. The van der Waals surface area contributed by atoms with Crippen LogP contribution in [0.5, 0.6) is 0 Å². The van der Waals surface area contributed by atoms with E-state index in [1.165, 1.54) is 7.11 Å². The van der Waals surface area contributed by atoms with Gasteiger partial charge in [-0.25, -0.2) is 0 Å². The number of carbonyl (C=O) groups excluding carboxylic acids is 2. The van der Waals surface area contributed by atoms with E-state index in [1.54, 1.807) is 12.1 Å². The second-order valence-electron chi connectivity index (χ2n) is 4.97. The Morgan fingerprint density at radius 2 is 2.16 bits per heavy atom. The molecule has 1 aliphatic rings. The van der Waals surface area contributed by atoms with Crippen LogP contribution in [0.4, 0.5) is 0 Å². The number of carbonyl (C=O) groups is 2. The first-order chi connectivity index (χ1) is 9.07. The van der Waals surface area contributed by atoms with Crippen molar-refractivity contribution >= 4 is 11.8 Å². The molecule has 0 N–H and O–H groups in total. The number of Topliss-reactive ketones (excluding diaryl/α,β-unsaturated/α-hetero) is 1. The van der Waals surface area contributed by atoms with Gasteiger partial charge in [0.2, 0.25) is 0 Å². The molecule has 2 atom stereocenters. The standard InChI is InChI=1S/C16H18O3/c1-4-11(2)16(15(18)19-3)10-9-12-7-5-6-8-13(12)14(16)17/h4-8,11H,1,9-10H2,2-3H3/t11-,16-/m0/s1. The summed E-state index contributed by atoms with van der Waals surface area (Å²) in [7, 11) is 1.33. The Morgan fingerprint density at radius 1 is 1.47 bits per heavy atom. The molecule has 100 valence electrons. The predicted octanol–water partition coefficient (Wildman–Crippen LogP) is 2.80. The third-order valence-electron chi connectivity index (χ3n) is 4.14. The van der Waals surface area contributed by atoms with E-state index >= 15 is 0 Å². The van der Waals surface area contributed by atoms with E-state index in [-0.39, 0.29) is 11.7 Å². The van der Waals surface area contributed by atoms with Gasteiger partial charge in [0.05, 0.1) is 7.11 Å². The van der Waals surface area contributed by atoms with Gasteiger partial charge in [-0.1, -0.05) is 37.3 Å². The van der Waals surface area contributed by atoms with Crippen molar-refractivity contribution in [3.8, 4) is 0 Å². The summed E-state index contributed by atoms with van der Waals surface area (Å²) in [6.45, 7) is 5.57. The summed E-state index contributed by atoms with van der Waals surface area (Å²) in [5, 5.41) is 0. The van der Waals surface area contributed by atoms with Gasteiger partial charge in [0, 0.05) is 5.56 Å². The number of ketones is 1. The number of ether oxygens (including phenoxy) is 1. The number of rotatable bonds is 3. The van der Waals surface area contributed by atoms with Crippen LogP contribution in [0.25, 0.3) is 0 Å². The Hall–Kier alpha value is -1.90. The number of esters is 1. The molecule has 2 rings (SSSR count). The van der Waals surface area contributed by atoms with Gasteiger partial charge in [0.15, 0.2) is 5.78 Å². The van der Waals surface area contributed by atoms with E-state index in [9.17, 15) is 9.59 Å². The van der Waals surface area contributed by atoms with Crippen molar-refractivity contribution in [3.63, 3.8) is 0 Å². The molecule has 0 bridgehead atoms. The minimum Gasteiger partial charge on any atom is -0.468 e. The largest absolute Gasteiger partial charge is 0.468 e. The van der Waals surface area contributed by atoms with Gasteiger partial charge in [-0.15, -0.1) is 6.58 Å². The molecule has 0 saturated heterocycles. The minimum atomic E-state index is -1.12. The Morgan fingerprint density at radius 3 is 2.79 bits per heavy atom. The zero-order valence-corrected chi connectivity index (χ0v) is 11.3. The molecule has 0 heterocycles. The lowest BCUT2D eigenvalue weighted by Crippen LogP contribution is -2.47. The summed E-state index contributed by atoms with van der Waals surface area (Å²) in [6, 6.07) is 7.45. The number of benzene rings is 1. The Bertz CT molecular complexity index is 533. The van der Waals surface area contributed by atoms with Crippen LogP contribution in [0.3, 0.4) is 0 Å². The quantitative estimate of drug-likeness (QED) is 0.475. The van der Waals surface area contributed by atoms with Crippen LogP contribution in [-0.2, 0) is 16.0 Å². The van der Waals surface area contributed by atoms with E-state index in [2.05, 4.69) is 6.58 Å². The van der Waals surface area contributed by atoms with Gasteiger partial charge in [0.25, 0.3) is 0 Å². The maximum absolute atomic E-state index is 12.8. The fraction of sp³-hybridized carbons (Fsp3) is 0.375. The van der Waals surface area contributed by atoms with Crippen LogP contribution in [0, 0.1) is 11.3 Å². The van der Waals surface area contributed by atoms with Crippen LogP contribution in [0.2, 0.25) is 0 Å². The molecule has 0 amide bonds. The molecule has 0 unspecified atom stereocenters. The van der Waals surface area contributed by atoms with E-state index in [0.29, 0.717) is 18.4 Å². The highest BCUT2D eigenvalue weighted by atomic mass is 16.5. The van der Waals surface area contributed by atoms with Crippen molar-refractivity contribution in [1.82, 2.24) is 0 Å². The topological polar surface area (TPSA) is 43.4 Å². The fourth-order valence-electron chi connectivity index (χ4n) is 2.84. The number of hydrogen-bond acceptors (Lipinski definition) is 3. The van der Waals surface area contributed by atoms with Crippen LogP contribution >= 0.6 is 0 Å². The molecule has 1 aromatic carbocycles.